The summed E-state index contributed by atoms with van der Waals surface area (Å²) in [6, 6.07) is 5.39. The van der Waals surface area contributed by atoms with Gasteiger partial charge in [-0.3, -0.25) is 4.79 Å². The number of aliphatic hydroxyl groups excluding tert-OH is 1. The van der Waals surface area contributed by atoms with Crippen LogP contribution in [0.4, 0.5) is 0 Å². The smallest absolute Gasteiger partial charge is 0.251 e. The van der Waals surface area contributed by atoms with Crippen molar-refractivity contribution in [1.29, 1.82) is 0 Å². The molecule has 1 amide bonds. The van der Waals surface area contributed by atoms with Crippen molar-refractivity contribution in [1.82, 2.24) is 20.1 Å². The van der Waals surface area contributed by atoms with E-state index in [0.29, 0.717) is 5.56 Å². The molecule has 0 aliphatic carbocycles. The summed E-state index contributed by atoms with van der Waals surface area (Å²) in [5, 5.41) is 16.8. The molecule has 2 unspecified atom stereocenters. The van der Waals surface area contributed by atoms with Gasteiger partial charge in [0.25, 0.3) is 5.91 Å². The minimum Gasteiger partial charge on any atom is -0.391 e. The average molecular weight is 302 g/mol. The maximum absolute atomic E-state index is 12.2. The van der Waals surface area contributed by atoms with Crippen molar-refractivity contribution in [2.45, 2.75) is 33.3 Å². The molecule has 1 aromatic heterocycles. The first-order chi connectivity index (χ1) is 10.5. The highest BCUT2D eigenvalue weighted by Gasteiger charge is 2.14. The number of hydrogen-bond acceptors (Lipinski definition) is 4. The molecule has 2 N–H and O–H groups in total. The maximum atomic E-state index is 12.2. The fourth-order valence-electron chi connectivity index (χ4n) is 2.16. The Kier molecular flexibility index (Phi) is 5.27. The van der Waals surface area contributed by atoms with Gasteiger partial charge < -0.3 is 10.4 Å². The number of nitrogens with one attached hydrogen (secondary N) is 1. The second-order valence-corrected chi connectivity index (χ2v) is 5.50. The molecular weight excluding hydrogens is 280 g/mol. The predicted molar refractivity (Wildman–Crippen MR) is 83.9 cm³/mol. The van der Waals surface area contributed by atoms with Gasteiger partial charge >= 0.3 is 0 Å². The predicted octanol–water partition coefficient (Wildman–Crippen LogP) is 1.71. The van der Waals surface area contributed by atoms with E-state index < -0.39 is 6.10 Å². The largest absolute Gasteiger partial charge is 0.391 e. The number of carbonyl (C=O) groups is 1. The van der Waals surface area contributed by atoms with Crippen LogP contribution in [0.5, 0.6) is 0 Å². The zero-order valence-electron chi connectivity index (χ0n) is 13.2. The van der Waals surface area contributed by atoms with E-state index in [4.69, 9.17) is 0 Å². The molecule has 0 saturated carbocycles. The van der Waals surface area contributed by atoms with E-state index >= 15 is 0 Å². The lowest BCUT2D eigenvalue weighted by atomic mass is 10.0. The monoisotopic (exact) mass is 302 g/mol. The van der Waals surface area contributed by atoms with Crippen LogP contribution in [-0.2, 0) is 0 Å². The SMILES string of the molecule is CCC(C)C(O)CNC(=O)c1ccc(-n2cncn2)c(C)c1. The highest BCUT2D eigenvalue weighted by molar-refractivity contribution is 5.94. The second kappa shape index (κ2) is 7.17. The summed E-state index contributed by atoms with van der Waals surface area (Å²) in [5.41, 5.74) is 2.38. The topological polar surface area (TPSA) is 80.0 Å². The highest BCUT2D eigenvalue weighted by atomic mass is 16.3. The number of hydrogen-bond donors (Lipinski definition) is 2. The van der Waals surface area contributed by atoms with Gasteiger partial charge in [0.1, 0.15) is 12.7 Å². The van der Waals surface area contributed by atoms with Crippen molar-refractivity contribution in [3.8, 4) is 5.69 Å². The molecule has 2 aromatic rings. The molecular formula is C16H22N4O2. The highest BCUT2D eigenvalue weighted by Crippen LogP contribution is 2.15. The van der Waals surface area contributed by atoms with Gasteiger partial charge in [0.15, 0.2) is 0 Å². The molecule has 22 heavy (non-hydrogen) atoms. The van der Waals surface area contributed by atoms with Gasteiger partial charge in [0, 0.05) is 12.1 Å². The molecule has 0 radical (unpaired) electrons. The Balaban J connectivity index is 2.04. The summed E-state index contributed by atoms with van der Waals surface area (Å²) in [6.07, 6.45) is 3.44. The fourth-order valence-corrected chi connectivity index (χ4v) is 2.16. The lowest BCUT2D eigenvalue weighted by Gasteiger charge is -2.17. The van der Waals surface area contributed by atoms with Crippen molar-refractivity contribution >= 4 is 5.91 Å². The van der Waals surface area contributed by atoms with Crippen LogP contribution in [0.1, 0.15) is 36.2 Å². The third-order valence-corrected chi connectivity index (χ3v) is 3.90. The van der Waals surface area contributed by atoms with Crippen molar-refractivity contribution in [2.24, 2.45) is 5.92 Å². The molecule has 1 aromatic carbocycles. The molecule has 6 nitrogen and oxygen atoms in total. The Morgan fingerprint density at radius 2 is 2.23 bits per heavy atom. The third-order valence-electron chi connectivity index (χ3n) is 3.90. The minimum atomic E-state index is -0.524. The second-order valence-electron chi connectivity index (χ2n) is 5.50. The molecule has 118 valence electrons. The zero-order chi connectivity index (χ0) is 16.1. The van der Waals surface area contributed by atoms with Crippen LogP contribution >= 0.6 is 0 Å². The van der Waals surface area contributed by atoms with Crippen LogP contribution in [-0.4, -0.2) is 38.4 Å². The van der Waals surface area contributed by atoms with Crippen molar-refractivity contribution in [3.63, 3.8) is 0 Å². The number of aliphatic hydroxyl groups is 1. The molecule has 6 heteroatoms. The number of amides is 1. The number of benzene rings is 1. The maximum Gasteiger partial charge on any atom is 0.251 e. The lowest BCUT2D eigenvalue weighted by molar-refractivity contribution is 0.0850. The summed E-state index contributed by atoms with van der Waals surface area (Å²) in [4.78, 5) is 16.1. The van der Waals surface area contributed by atoms with Gasteiger partial charge in [-0.05, 0) is 36.6 Å². The van der Waals surface area contributed by atoms with Crippen LogP contribution in [0.25, 0.3) is 5.69 Å². The van der Waals surface area contributed by atoms with Crippen LogP contribution in [0, 0.1) is 12.8 Å². The fraction of sp³-hybridized carbons (Fsp3) is 0.438. The first-order valence-electron chi connectivity index (χ1n) is 7.44. The van der Waals surface area contributed by atoms with Crippen LogP contribution in [0.3, 0.4) is 0 Å². The third kappa shape index (κ3) is 3.71. The number of aryl methyl sites for hydroxylation is 1. The molecule has 0 aliphatic rings. The zero-order valence-corrected chi connectivity index (χ0v) is 13.2. The summed E-state index contributed by atoms with van der Waals surface area (Å²) < 4.78 is 1.66. The van der Waals surface area contributed by atoms with E-state index in [9.17, 15) is 9.90 Å². The molecule has 2 atom stereocenters. The minimum absolute atomic E-state index is 0.164. The van der Waals surface area contributed by atoms with Crippen LogP contribution in [0.15, 0.2) is 30.9 Å². The van der Waals surface area contributed by atoms with Crippen molar-refractivity contribution in [2.75, 3.05) is 6.54 Å². The van der Waals surface area contributed by atoms with E-state index in [1.165, 1.54) is 6.33 Å². The summed E-state index contributed by atoms with van der Waals surface area (Å²) in [5.74, 6) is -0.0210. The number of carbonyl (C=O) groups excluding carboxylic acids is 1. The Bertz CT molecular complexity index is 625. The molecule has 0 spiro atoms. The number of aromatic nitrogens is 3. The van der Waals surface area contributed by atoms with Gasteiger partial charge in [-0.2, -0.15) is 5.10 Å². The van der Waals surface area contributed by atoms with Gasteiger partial charge in [0.05, 0.1) is 11.8 Å². The summed E-state index contributed by atoms with van der Waals surface area (Å²) in [6.45, 7) is 6.16. The number of rotatable bonds is 6. The first-order valence-corrected chi connectivity index (χ1v) is 7.44. The average Bonchev–Trinajstić information content (AvgIpc) is 3.05. The normalized spacial score (nSPS) is 13.6. The lowest BCUT2D eigenvalue weighted by Crippen LogP contribution is -2.35. The Hall–Kier alpha value is -2.21. The standard InChI is InChI=1S/C16H22N4O2/c1-4-11(2)15(21)8-18-16(22)13-5-6-14(12(3)7-13)20-10-17-9-19-20/h5-7,9-11,15,21H,4,8H2,1-3H3,(H,18,22). The number of nitrogens with zero attached hydrogens (tertiary/aromatic N) is 3. The van der Waals surface area contributed by atoms with E-state index in [1.807, 2.05) is 32.9 Å². The van der Waals surface area contributed by atoms with Gasteiger partial charge in [0.2, 0.25) is 0 Å². The molecule has 0 saturated heterocycles. The van der Waals surface area contributed by atoms with E-state index in [2.05, 4.69) is 15.4 Å². The Labute approximate surface area is 130 Å². The summed E-state index contributed by atoms with van der Waals surface area (Å²) >= 11 is 0. The summed E-state index contributed by atoms with van der Waals surface area (Å²) in [7, 11) is 0. The van der Waals surface area contributed by atoms with Crippen molar-refractivity contribution < 1.29 is 9.90 Å². The van der Waals surface area contributed by atoms with Gasteiger partial charge in [-0.15, -0.1) is 0 Å². The molecule has 0 fully saturated rings. The molecule has 2 rings (SSSR count). The van der Waals surface area contributed by atoms with E-state index in [-0.39, 0.29) is 18.4 Å². The molecule has 1 heterocycles. The van der Waals surface area contributed by atoms with Crippen LogP contribution in [0.2, 0.25) is 0 Å². The Morgan fingerprint density at radius 3 is 2.82 bits per heavy atom. The quantitative estimate of drug-likeness (QED) is 0.851. The van der Waals surface area contributed by atoms with Gasteiger partial charge in [-0.1, -0.05) is 20.3 Å². The Morgan fingerprint density at radius 1 is 1.45 bits per heavy atom. The molecule has 0 aliphatic heterocycles. The van der Waals surface area contributed by atoms with E-state index in [1.54, 1.807) is 17.1 Å². The van der Waals surface area contributed by atoms with Crippen LogP contribution < -0.4 is 5.32 Å². The van der Waals surface area contributed by atoms with E-state index in [0.717, 1.165) is 17.7 Å². The first kappa shape index (κ1) is 16.2. The van der Waals surface area contributed by atoms with Gasteiger partial charge in [-0.25, -0.2) is 9.67 Å². The van der Waals surface area contributed by atoms with Crippen molar-refractivity contribution in [3.05, 3.63) is 42.0 Å². The molecule has 0 bridgehead atoms.